The number of carbonyl (C=O) groups is 2. The Balaban J connectivity index is -0.000000114. The fourth-order valence-electron chi connectivity index (χ4n) is 0.0779. The summed E-state index contributed by atoms with van der Waals surface area (Å²) in [6.07, 6.45) is 0. The summed E-state index contributed by atoms with van der Waals surface area (Å²) in [6.45, 7) is -0.394. The molecule has 11 heavy (non-hydrogen) atoms. The smallest absolute Gasteiger partial charge is 0.313 e. The molecular weight excluding hydrogens is 156 g/mol. The van der Waals surface area contributed by atoms with Crippen molar-refractivity contribution in [2.45, 2.75) is 0 Å². The average molecular weight is 168 g/mol. The number of carbonyl (C=O) groups excluding carboxylic acids is 2. The normalized spacial score (nSPS) is 6.27. The highest BCUT2D eigenvalue weighted by atomic mass is 16.3. The number of nitrogens with one attached hydrogen (secondary N) is 1. The van der Waals surface area contributed by atoms with E-state index in [-0.39, 0.29) is 5.48 Å². The number of rotatable bonds is 1. The molecule has 0 aliphatic rings. The van der Waals surface area contributed by atoms with Crippen molar-refractivity contribution < 1.29 is 20.2 Å². The quantitative estimate of drug-likeness (QED) is 0.259. The van der Waals surface area contributed by atoms with Gasteiger partial charge in [0.05, 0.1) is 0 Å². The molecule has 0 saturated carbocycles. The molecule has 10 N–H and O–H groups in total. The topological polar surface area (TPSA) is 176 Å². The third-order valence-electron chi connectivity index (χ3n) is 0.253. The molecule has 0 bridgehead atoms. The largest absolute Gasteiger partial charge is 0.412 e. The molecule has 0 aliphatic heterocycles. The monoisotopic (exact) mass is 168 g/mol. The molecular formula is C3H12N4O4. The standard InChI is InChI=1S/C2H6N2O2.CH4N2O.H2O/c3-2(6)4-1-5;2-1(3)4;/h5H,1H2,(H3,3,4,6);(H4,2,3,4);1H2. The first-order valence-corrected chi connectivity index (χ1v) is 2.19. The molecule has 0 fully saturated rings. The Labute approximate surface area is 62.6 Å². The molecule has 0 spiro atoms. The zero-order valence-corrected chi connectivity index (χ0v) is 5.70. The summed E-state index contributed by atoms with van der Waals surface area (Å²) in [7, 11) is 0. The minimum atomic E-state index is -0.833. The van der Waals surface area contributed by atoms with Crippen LogP contribution in [0.1, 0.15) is 0 Å². The third kappa shape index (κ3) is 166. The van der Waals surface area contributed by atoms with Crippen LogP contribution in [0.5, 0.6) is 0 Å². The van der Waals surface area contributed by atoms with Gasteiger partial charge in [0.2, 0.25) is 0 Å². The average Bonchev–Trinajstić information content (AvgIpc) is 1.62. The van der Waals surface area contributed by atoms with Crippen LogP contribution in [0.15, 0.2) is 0 Å². The van der Waals surface area contributed by atoms with E-state index < -0.39 is 18.8 Å². The molecule has 0 aromatic heterocycles. The summed E-state index contributed by atoms with van der Waals surface area (Å²) in [5.41, 5.74) is 13.0. The van der Waals surface area contributed by atoms with Crippen molar-refractivity contribution in [1.29, 1.82) is 0 Å². The molecule has 0 saturated heterocycles. The summed E-state index contributed by atoms with van der Waals surface area (Å²) in [5.74, 6) is 0. The van der Waals surface area contributed by atoms with Gasteiger partial charge in [-0.1, -0.05) is 0 Å². The molecule has 8 nitrogen and oxygen atoms in total. The number of primary amides is 3. The molecule has 0 heterocycles. The molecule has 8 heteroatoms. The van der Waals surface area contributed by atoms with Gasteiger partial charge in [-0.25, -0.2) is 9.59 Å². The van der Waals surface area contributed by atoms with Crippen molar-refractivity contribution in [3.8, 4) is 0 Å². The fourth-order valence-corrected chi connectivity index (χ4v) is 0.0779. The number of aliphatic hydroxyl groups excluding tert-OH is 1. The second-order valence-corrected chi connectivity index (χ2v) is 1.10. The van der Waals surface area contributed by atoms with E-state index in [2.05, 4.69) is 17.2 Å². The van der Waals surface area contributed by atoms with Gasteiger partial charge >= 0.3 is 12.1 Å². The molecule has 4 amide bonds. The zero-order valence-electron chi connectivity index (χ0n) is 5.70. The molecule has 0 atom stereocenters. The summed E-state index contributed by atoms with van der Waals surface area (Å²) >= 11 is 0. The first-order valence-electron chi connectivity index (χ1n) is 2.19. The van der Waals surface area contributed by atoms with E-state index in [0.29, 0.717) is 0 Å². The van der Waals surface area contributed by atoms with Crippen LogP contribution in [-0.4, -0.2) is 29.4 Å². The maximum atomic E-state index is 9.55. The van der Waals surface area contributed by atoms with Gasteiger partial charge in [0, 0.05) is 0 Å². The predicted octanol–water partition coefficient (Wildman–Crippen LogP) is -3.20. The maximum absolute atomic E-state index is 9.55. The summed E-state index contributed by atoms with van der Waals surface area (Å²) in [6, 6.07) is -1.54. The van der Waals surface area contributed by atoms with E-state index in [1.165, 1.54) is 0 Å². The lowest BCUT2D eigenvalue weighted by molar-refractivity contribution is 0.225. The maximum Gasteiger partial charge on any atom is 0.313 e. The number of nitrogens with two attached hydrogens (primary N) is 3. The molecule has 0 unspecified atom stereocenters. The van der Waals surface area contributed by atoms with Crippen molar-refractivity contribution in [1.82, 2.24) is 5.32 Å². The molecule has 0 rings (SSSR count). The lowest BCUT2D eigenvalue weighted by Gasteiger charge is -1.88. The molecule has 0 aliphatic carbocycles. The fraction of sp³-hybridized carbons (Fsp3) is 0.333. The van der Waals surface area contributed by atoms with E-state index in [0.717, 1.165) is 0 Å². The lowest BCUT2D eigenvalue weighted by Crippen LogP contribution is -2.29. The number of amides is 4. The van der Waals surface area contributed by atoms with Gasteiger partial charge in [-0.3, -0.25) is 0 Å². The zero-order chi connectivity index (χ0) is 8.57. The second kappa shape index (κ2) is 11.3. The first kappa shape index (κ1) is 16.2. The van der Waals surface area contributed by atoms with Crippen molar-refractivity contribution in [3.05, 3.63) is 0 Å². The van der Waals surface area contributed by atoms with Crippen LogP contribution in [0, 0.1) is 0 Å². The Hall–Kier alpha value is -1.54. The van der Waals surface area contributed by atoms with Crippen molar-refractivity contribution in [3.63, 3.8) is 0 Å². The van der Waals surface area contributed by atoms with Gasteiger partial charge in [-0.05, 0) is 0 Å². The summed E-state index contributed by atoms with van der Waals surface area (Å²) in [5, 5.41) is 9.73. The Kier molecular flexibility index (Phi) is 16.6. The van der Waals surface area contributed by atoms with Gasteiger partial charge < -0.3 is 33.1 Å². The highest BCUT2D eigenvalue weighted by molar-refractivity contribution is 5.71. The van der Waals surface area contributed by atoms with Crippen LogP contribution >= 0.6 is 0 Å². The van der Waals surface area contributed by atoms with E-state index in [4.69, 9.17) is 9.90 Å². The number of urea groups is 2. The molecule has 0 radical (unpaired) electrons. The van der Waals surface area contributed by atoms with Gasteiger partial charge in [-0.15, -0.1) is 0 Å². The van der Waals surface area contributed by atoms with Crippen LogP contribution in [0.4, 0.5) is 9.59 Å². The third-order valence-corrected chi connectivity index (χ3v) is 0.253. The number of hydrogen-bond acceptors (Lipinski definition) is 3. The molecule has 0 aromatic carbocycles. The highest BCUT2D eigenvalue weighted by Gasteiger charge is 1.80. The Morgan fingerprint density at radius 3 is 1.55 bits per heavy atom. The number of hydrogen-bond donors (Lipinski definition) is 5. The van der Waals surface area contributed by atoms with Gasteiger partial charge in [0.15, 0.2) is 0 Å². The van der Waals surface area contributed by atoms with Gasteiger partial charge in [0.1, 0.15) is 6.73 Å². The lowest BCUT2D eigenvalue weighted by atomic mass is 11.0. The predicted molar refractivity (Wildman–Crippen MR) is 37.2 cm³/mol. The van der Waals surface area contributed by atoms with Crippen LogP contribution in [-0.2, 0) is 0 Å². The van der Waals surface area contributed by atoms with E-state index >= 15 is 0 Å². The van der Waals surface area contributed by atoms with Crippen LogP contribution in [0.25, 0.3) is 0 Å². The SMILES string of the molecule is NC(=O)NCO.NC(N)=O.O. The molecule has 68 valence electrons. The minimum absolute atomic E-state index is 0. The highest BCUT2D eigenvalue weighted by Crippen LogP contribution is 1.45. The summed E-state index contributed by atoms with van der Waals surface area (Å²) in [4.78, 5) is 18.6. The van der Waals surface area contributed by atoms with E-state index in [9.17, 15) is 4.79 Å². The Bertz CT molecular complexity index is 112. The van der Waals surface area contributed by atoms with Crippen LogP contribution < -0.4 is 22.5 Å². The van der Waals surface area contributed by atoms with Crippen molar-refractivity contribution >= 4 is 12.1 Å². The van der Waals surface area contributed by atoms with Crippen LogP contribution in [0.3, 0.4) is 0 Å². The minimum Gasteiger partial charge on any atom is -0.412 e. The van der Waals surface area contributed by atoms with Gasteiger partial charge in [-0.2, -0.15) is 0 Å². The van der Waals surface area contributed by atoms with Crippen molar-refractivity contribution in [2.75, 3.05) is 6.73 Å². The van der Waals surface area contributed by atoms with Crippen molar-refractivity contribution in [2.24, 2.45) is 17.2 Å². The summed E-state index contributed by atoms with van der Waals surface area (Å²) < 4.78 is 0. The first-order chi connectivity index (χ1) is 4.50. The molecule has 0 aromatic rings. The number of aliphatic hydroxyl groups is 1. The Morgan fingerprint density at radius 2 is 1.55 bits per heavy atom. The second-order valence-electron chi connectivity index (χ2n) is 1.10. The Morgan fingerprint density at radius 1 is 1.27 bits per heavy atom. The van der Waals surface area contributed by atoms with Gasteiger partial charge in [0.25, 0.3) is 0 Å². The van der Waals surface area contributed by atoms with E-state index in [1.54, 1.807) is 0 Å². The van der Waals surface area contributed by atoms with Crippen LogP contribution in [0.2, 0.25) is 0 Å². The van der Waals surface area contributed by atoms with E-state index in [1.807, 2.05) is 5.32 Å².